The van der Waals surface area contributed by atoms with E-state index in [0.717, 1.165) is 19.1 Å². The first-order valence-electron chi connectivity index (χ1n) is 4.60. The van der Waals surface area contributed by atoms with Crippen molar-refractivity contribution in [2.24, 2.45) is 11.7 Å². The van der Waals surface area contributed by atoms with Crippen LogP contribution in [0.5, 0.6) is 0 Å². The van der Waals surface area contributed by atoms with Gasteiger partial charge in [0.15, 0.2) is 14.9 Å². The minimum atomic E-state index is -3.76. The molecule has 0 saturated heterocycles. The summed E-state index contributed by atoms with van der Waals surface area (Å²) in [7, 11) is -7.28. The molecule has 15 heavy (non-hydrogen) atoms. The zero-order valence-corrected chi connectivity index (χ0v) is 10.1. The van der Waals surface area contributed by atoms with Gasteiger partial charge in [-0.3, -0.25) is 0 Å². The molecule has 3 N–H and O–H groups in total. The topological polar surface area (TPSA) is 106 Å². The molecule has 6 nitrogen and oxygen atoms in total. The van der Waals surface area contributed by atoms with Crippen molar-refractivity contribution in [3.8, 4) is 0 Å². The van der Waals surface area contributed by atoms with Crippen LogP contribution in [0.4, 0.5) is 0 Å². The summed E-state index contributed by atoms with van der Waals surface area (Å²) in [6.07, 6.45) is 2.93. The standard InChI is InChI=1S/C7H16N2O4S2/c1-14(10,11)5-15(12,13)9-4-7(8)6-2-3-6/h6-7,9H,2-5,8H2,1H3. The van der Waals surface area contributed by atoms with Gasteiger partial charge in [0.25, 0.3) is 0 Å². The molecule has 1 fully saturated rings. The van der Waals surface area contributed by atoms with E-state index >= 15 is 0 Å². The monoisotopic (exact) mass is 256 g/mol. The molecular formula is C7H16N2O4S2. The van der Waals surface area contributed by atoms with Gasteiger partial charge >= 0.3 is 0 Å². The lowest BCUT2D eigenvalue weighted by molar-refractivity contribution is 0.549. The Kier molecular flexibility index (Phi) is 3.75. The zero-order valence-electron chi connectivity index (χ0n) is 8.51. The first-order valence-corrected chi connectivity index (χ1v) is 8.31. The van der Waals surface area contributed by atoms with E-state index in [-0.39, 0.29) is 12.6 Å². The van der Waals surface area contributed by atoms with E-state index < -0.39 is 24.9 Å². The molecule has 1 atom stereocenters. The summed E-state index contributed by atoms with van der Waals surface area (Å²) in [5, 5.41) is -0.878. The molecule has 0 radical (unpaired) electrons. The van der Waals surface area contributed by atoms with Gasteiger partial charge < -0.3 is 5.73 Å². The lowest BCUT2D eigenvalue weighted by Gasteiger charge is -2.11. The number of sulfone groups is 1. The van der Waals surface area contributed by atoms with E-state index in [1.807, 2.05) is 0 Å². The molecule has 0 spiro atoms. The van der Waals surface area contributed by atoms with Crippen molar-refractivity contribution in [1.82, 2.24) is 4.72 Å². The minimum Gasteiger partial charge on any atom is -0.326 e. The van der Waals surface area contributed by atoms with E-state index in [2.05, 4.69) is 4.72 Å². The third-order valence-corrected chi connectivity index (χ3v) is 5.70. The normalized spacial score (nSPS) is 20.1. The fraction of sp³-hybridized carbons (Fsp3) is 1.00. The number of hydrogen-bond acceptors (Lipinski definition) is 5. The van der Waals surface area contributed by atoms with Gasteiger partial charge in [0, 0.05) is 18.8 Å². The Morgan fingerprint density at radius 3 is 2.27 bits per heavy atom. The zero-order chi connectivity index (χ0) is 11.7. The van der Waals surface area contributed by atoms with E-state index in [1.165, 1.54) is 0 Å². The summed E-state index contributed by atoms with van der Waals surface area (Å²) in [5.41, 5.74) is 5.67. The molecule has 0 aromatic carbocycles. The molecule has 1 aliphatic rings. The predicted octanol–water partition coefficient (Wildman–Crippen LogP) is -1.35. The van der Waals surface area contributed by atoms with Crippen molar-refractivity contribution in [3.63, 3.8) is 0 Å². The largest absolute Gasteiger partial charge is 0.326 e. The Balaban J connectivity index is 2.42. The van der Waals surface area contributed by atoms with Crippen molar-refractivity contribution >= 4 is 19.9 Å². The fourth-order valence-electron chi connectivity index (χ4n) is 1.24. The third-order valence-electron chi connectivity index (χ3n) is 2.14. The maximum atomic E-state index is 11.2. The molecule has 0 bridgehead atoms. The number of hydrogen-bond donors (Lipinski definition) is 2. The van der Waals surface area contributed by atoms with Crippen LogP contribution in [0.3, 0.4) is 0 Å². The average molecular weight is 256 g/mol. The van der Waals surface area contributed by atoms with E-state index in [4.69, 9.17) is 5.73 Å². The third kappa shape index (κ3) is 5.45. The molecule has 0 aromatic heterocycles. The molecule has 0 aromatic rings. The molecular weight excluding hydrogens is 240 g/mol. The van der Waals surface area contributed by atoms with Crippen LogP contribution < -0.4 is 10.5 Å². The maximum absolute atomic E-state index is 11.2. The summed E-state index contributed by atoms with van der Waals surface area (Å²) in [6, 6.07) is -0.209. The van der Waals surface area contributed by atoms with Crippen molar-refractivity contribution in [3.05, 3.63) is 0 Å². The highest BCUT2D eigenvalue weighted by Gasteiger charge is 2.29. The summed E-state index contributed by atoms with van der Waals surface area (Å²) in [6.45, 7) is 0.114. The van der Waals surface area contributed by atoms with Crippen molar-refractivity contribution in [2.45, 2.75) is 18.9 Å². The van der Waals surface area contributed by atoms with Crippen LogP contribution >= 0.6 is 0 Å². The van der Waals surface area contributed by atoms with Gasteiger partial charge in [-0.25, -0.2) is 21.6 Å². The second kappa shape index (κ2) is 4.36. The molecule has 1 unspecified atom stereocenters. The highest BCUT2D eigenvalue weighted by atomic mass is 32.3. The Hall–Kier alpha value is -0.180. The lowest BCUT2D eigenvalue weighted by Crippen LogP contribution is -2.40. The molecule has 1 saturated carbocycles. The minimum absolute atomic E-state index is 0.114. The number of rotatable bonds is 6. The highest BCUT2D eigenvalue weighted by molar-refractivity contribution is 8.06. The lowest BCUT2D eigenvalue weighted by atomic mass is 10.2. The molecule has 1 rings (SSSR count). The van der Waals surface area contributed by atoms with Crippen LogP contribution in [0.15, 0.2) is 0 Å². The summed E-state index contributed by atoms with van der Waals surface area (Å²) in [4.78, 5) is 0. The Bertz CT molecular complexity index is 410. The molecule has 0 amide bonds. The fourth-order valence-corrected chi connectivity index (χ4v) is 4.27. The van der Waals surface area contributed by atoms with E-state index in [1.54, 1.807) is 0 Å². The first-order chi connectivity index (χ1) is 6.70. The average Bonchev–Trinajstić information content (AvgIpc) is 2.77. The smallest absolute Gasteiger partial charge is 0.226 e. The van der Waals surface area contributed by atoms with Gasteiger partial charge in [-0.1, -0.05) is 0 Å². The molecule has 90 valence electrons. The first kappa shape index (κ1) is 12.9. The SMILES string of the molecule is CS(=O)(=O)CS(=O)(=O)NCC(N)C1CC1. The van der Waals surface area contributed by atoms with E-state index in [9.17, 15) is 16.8 Å². The predicted molar refractivity (Wildman–Crippen MR) is 57.3 cm³/mol. The molecule has 0 heterocycles. The number of nitrogens with two attached hydrogens (primary N) is 1. The van der Waals surface area contributed by atoms with Crippen LogP contribution in [-0.4, -0.2) is 40.8 Å². The second-order valence-electron chi connectivity index (χ2n) is 4.01. The van der Waals surface area contributed by atoms with Gasteiger partial charge in [0.1, 0.15) is 0 Å². The Morgan fingerprint density at radius 2 is 1.87 bits per heavy atom. The Morgan fingerprint density at radius 1 is 1.33 bits per heavy atom. The number of sulfonamides is 1. The van der Waals surface area contributed by atoms with Crippen LogP contribution in [0, 0.1) is 5.92 Å². The van der Waals surface area contributed by atoms with Gasteiger partial charge in [0.2, 0.25) is 10.0 Å². The molecule has 0 aliphatic heterocycles. The van der Waals surface area contributed by atoms with E-state index in [0.29, 0.717) is 5.92 Å². The summed E-state index contributed by atoms with van der Waals surface area (Å²) < 4.78 is 46.3. The van der Waals surface area contributed by atoms with Gasteiger partial charge in [-0.2, -0.15) is 0 Å². The van der Waals surface area contributed by atoms with Crippen molar-refractivity contribution in [2.75, 3.05) is 17.9 Å². The van der Waals surface area contributed by atoms with Crippen molar-refractivity contribution in [1.29, 1.82) is 0 Å². The quantitative estimate of drug-likeness (QED) is 0.611. The molecule has 8 heteroatoms. The van der Waals surface area contributed by atoms with Crippen LogP contribution in [0.1, 0.15) is 12.8 Å². The van der Waals surface area contributed by atoms with Gasteiger partial charge in [-0.05, 0) is 18.8 Å². The van der Waals surface area contributed by atoms with Crippen LogP contribution in [0.2, 0.25) is 0 Å². The van der Waals surface area contributed by atoms with Crippen LogP contribution in [-0.2, 0) is 19.9 Å². The van der Waals surface area contributed by atoms with Crippen LogP contribution in [0.25, 0.3) is 0 Å². The summed E-state index contributed by atoms with van der Waals surface area (Å²) in [5.74, 6) is 0.380. The second-order valence-corrected chi connectivity index (χ2v) is 8.32. The molecule has 1 aliphatic carbocycles. The van der Waals surface area contributed by atoms with Gasteiger partial charge in [-0.15, -0.1) is 0 Å². The van der Waals surface area contributed by atoms with Crippen molar-refractivity contribution < 1.29 is 16.8 Å². The number of nitrogens with one attached hydrogen (secondary N) is 1. The maximum Gasteiger partial charge on any atom is 0.226 e. The summed E-state index contributed by atoms with van der Waals surface area (Å²) >= 11 is 0. The highest BCUT2D eigenvalue weighted by Crippen LogP contribution is 2.31. The van der Waals surface area contributed by atoms with Gasteiger partial charge in [0.05, 0.1) is 0 Å². The Labute approximate surface area is 90.2 Å².